The summed E-state index contributed by atoms with van der Waals surface area (Å²) < 4.78 is 13.7. The van der Waals surface area contributed by atoms with E-state index in [1.54, 1.807) is 0 Å². The second-order valence-corrected chi connectivity index (χ2v) is 4.98. The van der Waals surface area contributed by atoms with Gasteiger partial charge in [-0.3, -0.25) is 0 Å². The molecular weight excluding hydrogens is 271 g/mol. The Bertz CT molecular complexity index is 701. The third kappa shape index (κ3) is 2.67. The van der Waals surface area contributed by atoms with Crippen molar-refractivity contribution in [3.63, 3.8) is 0 Å². The topological polar surface area (TPSA) is 61.4 Å². The molecule has 4 nitrogen and oxygen atoms in total. The molecule has 0 spiro atoms. The van der Waals surface area contributed by atoms with Crippen molar-refractivity contribution in [2.45, 2.75) is 13.0 Å². The number of hydrogen-bond acceptors (Lipinski definition) is 3. The molecule has 0 radical (unpaired) electrons. The number of para-hydroxylation sites is 1. The first-order valence-corrected chi connectivity index (χ1v) is 6.76. The van der Waals surface area contributed by atoms with Crippen molar-refractivity contribution in [2.75, 3.05) is 17.2 Å². The Balaban J connectivity index is 1.81. The van der Waals surface area contributed by atoms with Crippen molar-refractivity contribution in [1.82, 2.24) is 0 Å². The van der Waals surface area contributed by atoms with E-state index >= 15 is 0 Å². The summed E-state index contributed by atoms with van der Waals surface area (Å²) in [4.78, 5) is 10.9. The summed E-state index contributed by atoms with van der Waals surface area (Å²) in [6, 6.07) is 9.76. The number of carboxylic acid groups (broad SMARTS) is 1. The lowest BCUT2D eigenvalue weighted by Gasteiger charge is -2.12. The van der Waals surface area contributed by atoms with Gasteiger partial charge < -0.3 is 15.7 Å². The highest BCUT2D eigenvalue weighted by Gasteiger charge is 2.14. The van der Waals surface area contributed by atoms with Crippen molar-refractivity contribution < 1.29 is 14.3 Å². The van der Waals surface area contributed by atoms with Crippen molar-refractivity contribution in [1.29, 1.82) is 0 Å². The highest BCUT2D eigenvalue weighted by molar-refractivity contribution is 5.88. The smallest absolute Gasteiger partial charge is 0.335 e. The van der Waals surface area contributed by atoms with Crippen LogP contribution in [0.25, 0.3) is 0 Å². The molecule has 0 fully saturated rings. The lowest BCUT2D eigenvalue weighted by Crippen LogP contribution is -2.06. The number of halogens is 1. The highest BCUT2D eigenvalue weighted by atomic mass is 19.1. The van der Waals surface area contributed by atoms with Crippen LogP contribution in [-0.2, 0) is 13.0 Å². The average molecular weight is 286 g/mol. The molecule has 3 N–H and O–H groups in total. The van der Waals surface area contributed by atoms with E-state index in [1.165, 1.54) is 23.8 Å². The predicted octanol–water partition coefficient (Wildman–Crippen LogP) is 3.10. The number of aromatic carboxylic acids is 1. The Morgan fingerprint density at radius 3 is 3.00 bits per heavy atom. The van der Waals surface area contributed by atoms with E-state index in [9.17, 15) is 9.18 Å². The van der Waals surface area contributed by atoms with E-state index in [0.717, 1.165) is 24.2 Å². The van der Waals surface area contributed by atoms with E-state index in [2.05, 4.69) is 16.7 Å². The maximum absolute atomic E-state index is 13.7. The minimum atomic E-state index is -1.07. The van der Waals surface area contributed by atoms with Gasteiger partial charge in [-0.25, -0.2) is 9.18 Å². The van der Waals surface area contributed by atoms with Crippen LogP contribution in [0.3, 0.4) is 0 Å². The van der Waals surface area contributed by atoms with Crippen molar-refractivity contribution >= 4 is 17.3 Å². The lowest BCUT2D eigenvalue weighted by molar-refractivity contribution is 0.0697. The first kappa shape index (κ1) is 13.4. The molecule has 0 unspecified atom stereocenters. The number of fused-ring (bicyclic) bond motifs is 1. The van der Waals surface area contributed by atoms with E-state index in [4.69, 9.17) is 5.11 Å². The van der Waals surface area contributed by atoms with Gasteiger partial charge in [0.15, 0.2) is 0 Å². The Morgan fingerprint density at radius 1 is 1.33 bits per heavy atom. The third-order valence-electron chi connectivity index (χ3n) is 3.62. The minimum absolute atomic E-state index is 0.0651. The van der Waals surface area contributed by atoms with Crippen LogP contribution in [0.2, 0.25) is 0 Å². The third-order valence-corrected chi connectivity index (χ3v) is 3.62. The zero-order valence-electron chi connectivity index (χ0n) is 11.3. The zero-order chi connectivity index (χ0) is 14.8. The largest absolute Gasteiger partial charge is 0.478 e. The molecule has 5 heteroatoms. The van der Waals surface area contributed by atoms with Gasteiger partial charge in [-0.1, -0.05) is 18.2 Å². The second kappa shape index (κ2) is 5.44. The van der Waals surface area contributed by atoms with Crippen molar-refractivity contribution in [3.05, 3.63) is 58.9 Å². The van der Waals surface area contributed by atoms with E-state index in [0.29, 0.717) is 6.54 Å². The molecule has 1 heterocycles. The average Bonchev–Trinajstić information content (AvgIpc) is 2.95. The van der Waals surface area contributed by atoms with Gasteiger partial charge in [0.2, 0.25) is 0 Å². The zero-order valence-corrected chi connectivity index (χ0v) is 11.3. The number of hydrogen-bond donors (Lipinski definition) is 3. The lowest BCUT2D eigenvalue weighted by atomic mass is 10.1. The van der Waals surface area contributed by atoms with E-state index in [1.807, 2.05) is 12.1 Å². The molecular formula is C16H15FN2O2. The molecule has 0 aliphatic carbocycles. The number of carbonyl (C=O) groups is 1. The Hall–Kier alpha value is -2.56. The normalized spacial score (nSPS) is 12.6. The molecule has 0 saturated heterocycles. The van der Waals surface area contributed by atoms with Gasteiger partial charge in [0, 0.05) is 18.8 Å². The maximum atomic E-state index is 13.7. The van der Waals surface area contributed by atoms with Crippen molar-refractivity contribution in [2.24, 2.45) is 0 Å². The first-order chi connectivity index (χ1) is 10.1. The van der Waals surface area contributed by atoms with Crippen LogP contribution >= 0.6 is 0 Å². The molecule has 1 aliphatic heterocycles. The number of rotatable bonds is 4. The number of benzene rings is 2. The Kier molecular flexibility index (Phi) is 3.48. The standard InChI is InChI=1S/C16H15FN2O2/c17-13-5-4-11(16(20)21)8-14(13)19-9-12-3-1-2-10-6-7-18-15(10)12/h1-5,8,18-19H,6-7,9H2,(H,20,21). The summed E-state index contributed by atoms with van der Waals surface area (Å²) in [5, 5.41) is 15.2. The molecule has 0 amide bonds. The summed E-state index contributed by atoms with van der Waals surface area (Å²) in [7, 11) is 0. The van der Waals surface area contributed by atoms with Crippen LogP contribution < -0.4 is 10.6 Å². The monoisotopic (exact) mass is 286 g/mol. The molecule has 2 aromatic carbocycles. The Morgan fingerprint density at radius 2 is 2.19 bits per heavy atom. The molecule has 21 heavy (non-hydrogen) atoms. The van der Waals surface area contributed by atoms with Crippen molar-refractivity contribution in [3.8, 4) is 0 Å². The number of anilines is 2. The van der Waals surface area contributed by atoms with Gasteiger partial charge in [-0.15, -0.1) is 0 Å². The fourth-order valence-electron chi connectivity index (χ4n) is 2.54. The van der Waals surface area contributed by atoms with Crippen LogP contribution in [-0.4, -0.2) is 17.6 Å². The van der Waals surface area contributed by atoms with Crippen LogP contribution in [0.5, 0.6) is 0 Å². The van der Waals surface area contributed by atoms with Gasteiger partial charge in [-0.05, 0) is 35.7 Å². The SMILES string of the molecule is O=C(O)c1ccc(F)c(NCc2cccc3c2NCC3)c1. The van der Waals surface area contributed by atoms with Gasteiger partial charge in [0.1, 0.15) is 5.82 Å². The molecule has 2 aromatic rings. The fourth-order valence-corrected chi connectivity index (χ4v) is 2.54. The van der Waals surface area contributed by atoms with E-state index < -0.39 is 11.8 Å². The molecule has 1 aliphatic rings. The van der Waals surface area contributed by atoms with Crippen LogP contribution in [0.15, 0.2) is 36.4 Å². The minimum Gasteiger partial charge on any atom is -0.478 e. The number of carboxylic acids is 1. The van der Waals surface area contributed by atoms with Crippen LogP contribution in [0.1, 0.15) is 21.5 Å². The summed E-state index contributed by atoms with van der Waals surface area (Å²) in [5.74, 6) is -1.53. The van der Waals surface area contributed by atoms with E-state index in [-0.39, 0.29) is 11.3 Å². The summed E-state index contributed by atoms with van der Waals surface area (Å²) in [5.41, 5.74) is 3.67. The van der Waals surface area contributed by atoms with Gasteiger partial charge >= 0.3 is 5.97 Å². The fraction of sp³-hybridized carbons (Fsp3) is 0.188. The predicted molar refractivity (Wildman–Crippen MR) is 79.3 cm³/mol. The molecule has 3 rings (SSSR count). The molecule has 0 bridgehead atoms. The first-order valence-electron chi connectivity index (χ1n) is 6.76. The van der Waals surface area contributed by atoms with Crippen LogP contribution in [0.4, 0.5) is 15.8 Å². The Labute approximate surface area is 121 Å². The van der Waals surface area contributed by atoms with Gasteiger partial charge in [0.25, 0.3) is 0 Å². The van der Waals surface area contributed by atoms with Crippen LogP contribution in [0, 0.1) is 5.82 Å². The van der Waals surface area contributed by atoms with Gasteiger partial charge in [-0.2, -0.15) is 0 Å². The molecule has 0 saturated carbocycles. The maximum Gasteiger partial charge on any atom is 0.335 e. The summed E-state index contributed by atoms with van der Waals surface area (Å²) in [6.45, 7) is 1.35. The molecule has 0 atom stereocenters. The summed E-state index contributed by atoms with van der Waals surface area (Å²) in [6.07, 6.45) is 0.992. The summed E-state index contributed by atoms with van der Waals surface area (Å²) >= 11 is 0. The number of nitrogens with one attached hydrogen (secondary N) is 2. The quantitative estimate of drug-likeness (QED) is 0.808. The van der Waals surface area contributed by atoms with Gasteiger partial charge in [0.05, 0.1) is 11.3 Å². The highest BCUT2D eigenvalue weighted by Crippen LogP contribution is 2.27. The second-order valence-electron chi connectivity index (χ2n) is 4.98. The molecule has 108 valence electrons. The molecule has 0 aromatic heterocycles.